The molecule has 1 N–H and O–H groups in total. The minimum absolute atomic E-state index is 0.102. The number of para-hydroxylation sites is 1. The van der Waals surface area contributed by atoms with Gasteiger partial charge in [0.1, 0.15) is 18.1 Å². The second-order valence-corrected chi connectivity index (χ2v) is 4.38. The highest BCUT2D eigenvalue weighted by molar-refractivity contribution is 5.77. The lowest BCUT2D eigenvalue weighted by molar-refractivity contribution is -0.123. The van der Waals surface area contributed by atoms with Gasteiger partial charge in [-0.1, -0.05) is 18.2 Å². The van der Waals surface area contributed by atoms with Gasteiger partial charge in [-0.2, -0.15) is 0 Å². The van der Waals surface area contributed by atoms with Crippen LogP contribution in [0.1, 0.15) is 0 Å². The molecule has 2 aromatic carbocycles. The van der Waals surface area contributed by atoms with Crippen LogP contribution in [0.2, 0.25) is 0 Å². The molecule has 2 aromatic rings. The quantitative estimate of drug-likeness (QED) is 0.800. The number of amides is 1. The lowest BCUT2D eigenvalue weighted by Gasteiger charge is -2.09. The summed E-state index contributed by atoms with van der Waals surface area (Å²) in [5.74, 6) is -1.39. The van der Waals surface area contributed by atoms with Crippen LogP contribution in [-0.2, 0) is 4.79 Å². The van der Waals surface area contributed by atoms with E-state index in [-0.39, 0.29) is 31.4 Å². The number of ether oxygens (including phenoxy) is 2. The highest BCUT2D eigenvalue weighted by atomic mass is 19.2. The van der Waals surface area contributed by atoms with Gasteiger partial charge < -0.3 is 14.8 Å². The van der Waals surface area contributed by atoms with Crippen LogP contribution in [0.4, 0.5) is 8.78 Å². The van der Waals surface area contributed by atoms with E-state index < -0.39 is 11.6 Å². The molecule has 1 amide bonds. The van der Waals surface area contributed by atoms with E-state index in [1.807, 2.05) is 18.2 Å². The summed E-state index contributed by atoms with van der Waals surface area (Å²) in [4.78, 5) is 11.5. The van der Waals surface area contributed by atoms with E-state index in [1.54, 1.807) is 12.1 Å². The molecule has 0 spiro atoms. The highest BCUT2D eigenvalue weighted by Crippen LogP contribution is 2.15. The Hall–Kier alpha value is -2.63. The zero-order valence-electron chi connectivity index (χ0n) is 11.7. The highest BCUT2D eigenvalue weighted by Gasteiger charge is 2.04. The van der Waals surface area contributed by atoms with Gasteiger partial charge in [0, 0.05) is 6.07 Å². The molecule has 0 saturated heterocycles. The van der Waals surface area contributed by atoms with Crippen molar-refractivity contribution in [3.8, 4) is 11.5 Å². The Balaban J connectivity index is 1.63. The second kappa shape index (κ2) is 7.97. The smallest absolute Gasteiger partial charge is 0.258 e. The molecule has 6 heteroatoms. The van der Waals surface area contributed by atoms with Crippen LogP contribution in [0.25, 0.3) is 0 Å². The molecular formula is C16H15F2NO3. The molecule has 116 valence electrons. The van der Waals surface area contributed by atoms with Crippen molar-refractivity contribution in [2.75, 3.05) is 19.8 Å². The van der Waals surface area contributed by atoms with Crippen LogP contribution < -0.4 is 14.8 Å². The van der Waals surface area contributed by atoms with E-state index in [2.05, 4.69) is 5.32 Å². The predicted octanol–water partition coefficient (Wildman–Crippen LogP) is 2.54. The summed E-state index contributed by atoms with van der Waals surface area (Å²) in [5, 5.41) is 2.59. The van der Waals surface area contributed by atoms with Gasteiger partial charge in [0.05, 0.1) is 6.54 Å². The number of carbonyl (C=O) groups excluding carboxylic acids is 1. The number of rotatable bonds is 7. The maximum absolute atomic E-state index is 12.9. The summed E-state index contributed by atoms with van der Waals surface area (Å²) < 4.78 is 36.1. The molecule has 0 fully saturated rings. The van der Waals surface area contributed by atoms with Gasteiger partial charge >= 0.3 is 0 Å². The van der Waals surface area contributed by atoms with E-state index in [4.69, 9.17) is 9.47 Å². The third-order valence-corrected chi connectivity index (χ3v) is 2.70. The van der Waals surface area contributed by atoms with Crippen LogP contribution in [0, 0.1) is 11.6 Å². The molecular weight excluding hydrogens is 292 g/mol. The van der Waals surface area contributed by atoms with Gasteiger partial charge in [0.2, 0.25) is 0 Å². The van der Waals surface area contributed by atoms with E-state index in [1.165, 1.54) is 6.07 Å². The van der Waals surface area contributed by atoms with Crippen LogP contribution in [0.15, 0.2) is 48.5 Å². The normalized spacial score (nSPS) is 10.1. The van der Waals surface area contributed by atoms with Gasteiger partial charge in [0.25, 0.3) is 5.91 Å². The number of hydrogen-bond acceptors (Lipinski definition) is 3. The number of nitrogens with one attached hydrogen (secondary N) is 1. The molecule has 0 aliphatic carbocycles. The Morgan fingerprint density at radius 2 is 1.73 bits per heavy atom. The van der Waals surface area contributed by atoms with Crippen molar-refractivity contribution in [1.29, 1.82) is 0 Å². The molecule has 4 nitrogen and oxygen atoms in total. The van der Waals surface area contributed by atoms with E-state index >= 15 is 0 Å². The van der Waals surface area contributed by atoms with Gasteiger partial charge in [-0.25, -0.2) is 8.78 Å². The first kappa shape index (κ1) is 15.8. The van der Waals surface area contributed by atoms with Gasteiger partial charge in [0.15, 0.2) is 18.2 Å². The Labute approximate surface area is 126 Å². The average molecular weight is 307 g/mol. The first-order chi connectivity index (χ1) is 10.6. The average Bonchev–Trinajstić information content (AvgIpc) is 2.54. The first-order valence-corrected chi connectivity index (χ1v) is 6.67. The fraction of sp³-hybridized carbons (Fsp3) is 0.188. The number of benzene rings is 2. The molecule has 0 saturated carbocycles. The molecule has 0 aliphatic heterocycles. The van der Waals surface area contributed by atoms with Crippen LogP contribution in [0.3, 0.4) is 0 Å². The van der Waals surface area contributed by atoms with Crippen molar-refractivity contribution < 1.29 is 23.0 Å². The largest absolute Gasteiger partial charge is 0.492 e. The Morgan fingerprint density at radius 3 is 2.45 bits per heavy atom. The minimum atomic E-state index is -0.974. The zero-order valence-corrected chi connectivity index (χ0v) is 11.7. The molecule has 22 heavy (non-hydrogen) atoms. The van der Waals surface area contributed by atoms with Crippen molar-refractivity contribution in [3.05, 3.63) is 60.2 Å². The van der Waals surface area contributed by atoms with E-state index in [0.717, 1.165) is 12.1 Å². The maximum atomic E-state index is 12.9. The third kappa shape index (κ3) is 5.05. The molecule has 0 heterocycles. The van der Waals surface area contributed by atoms with Crippen molar-refractivity contribution in [2.24, 2.45) is 0 Å². The summed E-state index contributed by atoms with van der Waals surface area (Å²) in [5.41, 5.74) is 0. The number of carbonyl (C=O) groups is 1. The molecule has 0 bridgehead atoms. The molecule has 0 radical (unpaired) electrons. The van der Waals surface area contributed by atoms with Crippen molar-refractivity contribution in [2.45, 2.75) is 0 Å². The Morgan fingerprint density at radius 1 is 0.955 bits per heavy atom. The van der Waals surface area contributed by atoms with Crippen molar-refractivity contribution in [3.63, 3.8) is 0 Å². The SMILES string of the molecule is O=C(COc1ccccc1)NCCOc1ccc(F)c(F)c1. The summed E-state index contributed by atoms with van der Waals surface area (Å²) in [6, 6.07) is 12.2. The molecule has 0 aliphatic rings. The summed E-state index contributed by atoms with van der Waals surface area (Å²) in [7, 11) is 0. The predicted molar refractivity (Wildman–Crippen MR) is 76.8 cm³/mol. The van der Waals surface area contributed by atoms with Gasteiger partial charge in [-0.15, -0.1) is 0 Å². The maximum Gasteiger partial charge on any atom is 0.258 e. The van der Waals surface area contributed by atoms with E-state index in [0.29, 0.717) is 5.75 Å². The molecule has 0 atom stereocenters. The Kier molecular flexibility index (Phi) is 5.71. The summed E-state index contributed by atoms with van der Waals surface area (Å²) in [6.07, 6.45) is 0. The fourth-order valence-corrected chi connectivity index (χ4v) is 1.64. The first-order valence-electron chi connectivity index (χ1n) is 6.67. The minimum Gasteiger partial charge on any atom is -0.492 e. The lowest BCUT2D eigenvalue weighted by atomic mass is 10.3. The lowest BCUT2D eigenvalue weighted by Crippen LogP contribution is -2.32. The van der Waals surface area contributed by atoms with Gasteiger partial charge in [-0.05, 0) is 24.3 Å². The van der Waals surface area contributed by atoms with Crippen LogP contribution in [0.5, 0.6) is 11.5 Å². The topological polar surface area (TPSA) is 47.6 Å². The zero-order chi connectivity index (χ0) is 15.8. The Bertz CT molecular complexity index is 620. The summed E-state index contributed by atoms with van der Waals surface area (Å²) >= 11 is 0. The number of hydrogen-bond donors (Lipinski definition) is 1. The van der Waals surface area contributed by atoms with Crippen molar-refractivity contribution >= 4 is 5.91 Å². The second-order valence-electron chi connectivity index (χ2n) is 4.38. The van der Waals surface area contributed by atoms with Gasteiger partial charge in [-0.3, -0.25) is 4.79 Å². The fourth-order valence-electron chi connectivity index (χ4n) is 1.64. The third-order valence-electron chi connectivity index (χ3n) is 2.70. The monoisotopic (exact) mass is 307 g/mol. The standard InChI is InChI=1S/C16H15F2NO3/c17-14-7-6-13(10-15(14)18)21-9-8-19-16(20)11-22-12-4-2-1-3-5-12/h1-7,10H,8-9,11H2,(H,19,20). The molecule has 0 unspecified atom stereocenters. The van der Waals surface area contributed by atoms with Crippen LogP contribution >= 0.6 is 0 Å². The molecule has 0 aromatic heterocycles. The van der Waals surface area contributed by atoms with Crippen molar-refractivity contribution in [1.82, 2.24) is 5.32 Å². The number of halogens is 2. The molecule has 2 rings (SSSR count). The van der Waals surface area contributed by atoms with E-state index in [9.17, 15) is 13.6 Å². The summed E-state index contributed by atoms with van der Waals surface area (Å²) in [6.45, 7) is 0.271. The van der Waals surface area contributed by atoms with Crippen LogP contribution in [-0.4, -0.2) is 25.7 Å².